The van der Waals surface area contributed by atoms with E-state index in [2.05, 4.69) is 0 Å². The molecule has 1 aliphatic carbocycles. The largest absolute Gasteiger partial charge is 0.396 e. The minimum absolute atomic E-state index is 0.208. The second kappa shape index (κ2) is 11.3. The van der Waals surface area contributed by atoms with Crippen LogP contribution >= 0.6 is 0 Å². The van der Waals surface area contributed by atoms with Crippen LogP contribution in [-0.2, 0) is 19.3 Å². The van der Waals surface area contributed by atoms with E-state index >= 15 is 0 Å². The lowest BCUT2D eigenvalue weighted by Crippen LogP contribution is -2.58. The Morgan fingerprint density at radius 1 is 0.903 bits per heavy atom. The summed E-state index contributed by atoms with van der Waals surface area (Å²) in [6, 6.07) is 8.94. The fourth-order valence-electron chi connectivity index (χ4n) is 5.61. The number of hydrogen-bond donors (Lipinski definition) is 1. The predicted octanol–water partition coefficient (Wildman–Crippen LogP) is 5.27. The van der Waals surface area contributed by atoms with Crippen molar-refractivity contribution in [3.63, 3.8) is 0 Å². The Kier molecular flexibility index (Phi) is 8.97. The highest BCUT2D eigenvalue weighted by Crippen LogP contribution is 2.53. The third kappa shape index (κ3) is 5.35. The molecule has 2 aliphatic rings. The first-order chi connectivity index (χ1) is 15.0. The van der Waals surface area contributed by atoms with Gasteiger partial charge in [0.25, 0.3) is 0 Å². The summed E-state index contributed by atoms with van der Waals surface area (Å²) in [5, 5.41) is 8.87. The Bertz CT molecular complexity index is 757. The molecule has 5 nitrogen and oxygen atoms in total. The highest BCUT2D eigenvalue weighted by molar-refractivity contribution is 7.92. The standard InChI is InChI=1S/C25H40O5S/c1-22-24(17-13-18-25(22)29-20-21-30-25,31(27,28)23-14-9-8-10-15-23)16-11-6-4-2-3-5-7-12-19-26/h8-10,14-15,22,26H,2-7,11-13,16-21H2,1H3. The molecule has 1 aromatic carbocycles. The van der Waals surface area contributed by atoms with Gasteiger partial charge in [-0.25, -0.2) is 8.42 Å². The third-order valence-corrected chi connectivity index (χ3v) is 10.2. The maximum absolute atomic E-state index is 14.0. The van der Waals surface area contributed by atoms with Gasteiger partial charge in [0, 0.05) is 18.9 Å². The summed E-state index contributed by atoms with van der Waals surface area (Å²) in [6.45, 7) is 3.40. The molecule has 3 rings (SSSR count). The summed E-state index contributed by atoms with van der Waals surface area (Å²) in [7, 11) is -3.53. The monoisotopic (exact) mass is 452 g/mol. The van der Waals surface area contributed by atoms with Gasteiger partial charge in [-0.15, -0.1) is 0 Å². The minimum atomic E-state index is -3.53. The van der Waals surface area contributed by atoms with Crippen LogP contribution in [0.25, 0.3) is 0 Å². The maximum atomic E-state index is 14.0. The van der Waals surface area contributed by atoms with E-state index in [9.17, 15) is 8.42 Å². The topological polar surface area (TPSA) is 72.8 Å². The lowest BCUT2D eigenvalue weighted by molar-refractivity contribution is -0.217. The van der Waals surface area contributed by atoms with Gasteiger partial charge in [-0.1, -0.05) is 70.1 Å². The quantitative estimate of drug-likeness (QED) is 0.438. The van der Waals surface area contributed by atoms with Gasteiger partial charge in [0.2, 0.25) is 0 Å². The Labute approximate surface area is 188 Å². The fourth-order valence-corrected chi connectivity index (χ4v) is 8.06. The molecule has 0 aromatic heterocycles. The van der Waals surface area contributed by atoms with Gasteiger partial charge in [-0.05, 0) is 37.8 Å². The summed E-state index contributed by atoms with van der Waals surface area (Å²) >= 11 is 0. The number of ether oxygens (including phenoxy) is 2. The molecule has 31 heavy (non-hydrogen) atoms. The van der Waals surface area contributed by atoms with Crippen LogP contribution in [0.1, 0.15) is 84.0 Å². The van der Waals surface area contributed by atoms with Gasteiger partial charge in [0.15, 0.2) is 15.6 Å². The second-order valence-corrected chi connectivity index (χ2v) is 11.6. The summed E-state index contributed by atoms with van der Waals surface area (Å²) in [5.41, 5.74) is 0. The maximum Gasteiger partial charge on any atom is 0.184 e. The molecule has 6 heteroatoms. The summed E-state index contributed by atoms with van der Waals surface area (Å²) in [4.78, 5) is 0.417. The molecule has 1 spiro atoms. The summed E-state index contributed by atoms with van der Waals surface area (Å²) in [6.07, 6.45) is 11.5. The molecule has 1 saturated carbocycles. The van der Waals surface area contributed by atoms with Gasteiger partial charge in [-0.3, -0.25) is 0 Å². The van der Waals surface area contributed by atoms with E-state index < -0.39 is 20.4 Å². The molecule has 1 saturated heterocycles. The van der Waals surface area contributed by atoms with Crippen LogP contribution in [0.5, 0.6) is 0 Å². The molecule has 1 aromatic rings. The second-order valence-electron chi connectivity index (χ2n) is 9.27. The molecule has 1 aliphatic heterocycles. The van der Waals surface area contributed by atoms with E-state index in [4.69, 9.17) is 14.6 Å². The van der Waals surface area contributed by atoms with Crippen LogP contribution in [0.3, 0.4) is 0 Å². The SMILES string of the molecule is CC1C2(CCCC1(CCCCCCCCCCO)S(=O)(=O)c1ccccc1)OCCO2. The number of sulfone groups is 1. The third-order valence-electron chi connectivity index (χ3n) is 7.45. The lowest BCUT2D eigenvalue weighted by atomic mass is 9.72. The molecule has 2 atom stereocenters. The normalized spacial score (nSPS) is 25.8. The highest BCUT2D eigenvalue weighted by Gasteiger charge is 2.60. The molecule has 176 valence electrons. The van der Waals surface area contributed by atoms with E-state index in [1.54, 1.807) is 12.1 Å². The first-order valence-electron chi connectivity index (χ1n) is 12.2. The van der Waals surface area contributed by atoms with E-state index in [1.165, 1.54) is 19.3 Å². The zero-order valence-electron chi connectivity index (χ0n) is 19.1. The van der Waals surface area contributed by atoms with E-state index in [0.29, 0.717) is 31.0 Å². The zero-order chi connectivity index (χ0) is 22.2. The number of hydrogen-bond acceptors (Lipinski definition) is 5. The molecule has 0 amide bonds. The van der Waals surface area contributed by atoms with Crippen molar-refractivity contribution in [1.29, 1.82) is 0 Å². The van der Waals surface area contributed by atoms with Crippen molar-refractivity contribution in [2.75, 3.05) is 19.8 Å². The number of benzene rings is 1. The van der Waals surface area contributed by atoms with Crippen molar-refractivity contribution in [3.8, 4) is 0 Å². The van der Waals surface area contributed by atoms with Crippen molar-refractivity contribution < 1.29 is 23.0 Å². The average molecular weight is 453 g/mol. The van der Waals surface area contributed by atoms with E-state index in [0.717, 1.165) is 44.9 Å². The van der Waals surface area contributed by atoms with Crippen molar-refractivity contribution in [3.05, 3.63) is 30.3 Å². The van der Waals surface area contributed by atoms with Crippen molar-refractivity contribution in [2.24, 2.45) is 5.92 Å². The number of unbranched alkanes of at least 4 members (excludes halogenated alkanes) is 7. The highest BCUT2D eigenvalue weighted by atomic mass is 32.2. The van der Waals surface area contributed by atoms with Gasteiger partial charge in [-0.2, -0.15) is 0 Å². The first-order valence-corrected chi connectivity index (χ1v) is 13.7. The Morgan fingerprint density at radius 3 is 2.10 bits per heavy atom. The minimum Gasteiger partial charge on any atom is -0.396 e. The summed E-state index contributed by atoms with van der Waals surface area (Å²) in [5.74, 6) is -0.966. The zero-order valence-corrected chi connectivity index (χ0v) is 19.9. The molecular formula is C25H40O5S. The van der Waals surface area contributed by atoms with Crippen LogP contribution in [0.4, 0.5) is 0 Å². The molecule has 1 heterocycles. The first kappa shape index (κ1) is 24.7. The average Bonchev–Trinajstić information content (AvgIpc) is 3.25. The van der Waals surface area contributed by atoms with Gasteiger partial charge in [0.05, 0.1) is 22.9 Å². The molecule has 2 fully saturated rings. The van der Waals surface area contributed by atoms with Crippen molar-refractivity contribution in [2.45, 2.75) is 99.4 Å². The van der Waals surface area contributed by atoms with Crippen LogP contribution in [0, 0.1) is 5.92 Å². The van der Waals surface area contributed by atoms with Crippen LogP contribution in [0.15, 0.2) is 35.2 Å². The molecule has 1 N–H and O–H groups in total. The van der Waals surface area contributed by atoms with Gasteiger partial charge >= 0.3 is 0 Å². The van der Waals surface area contributed by atoms with Crippen molar-refractivity contribution in [1.82, 2.24) is 0 Å². The van der Waals surface area contributed by atoms with Crippen LogP contribution in [-0.4, -0.2) is 43.9 Å². The van der Waals surface area contributed by atoms with Crippen molar-refractivity contribution >= 4 is 9.84 Å². The number of aliphatic hydroxyl groups excluding tert-OH is 1. The predicted molar refractivity (Wildman–Crippen MR) is 123 cm³/mol. The van der Waals surface area contributed by atoms with Gasteiger partial charge < -0.3 is 14.6 Å². The lowest BCUT2D eigenvalue weighted by Gasteiger charge is -2.50. The molecule has 0 radical (unpaired) electrons. The van der Waals surface area contributed by atoms with E-state index in [-0.39, 0.29) is 12.5 Å². The fraction of sp³-hybridized carbons (Fsp3) is 0.760. The number of rotatable bonds is 12. The smallest absolute Gasteiger partial charge is 0.184 e. The molecular weight excluding hydrogens is 412 g/mol. The molecule has 2 unspecified atom stereocenters. The van der Waals surface area contributed by atoms with Gasteiger partial charge in [0.1, 0.15) is 0 Å². The van der Waals surface area contributed by atoms with Crippen LogP contribution in [0.2, 0.25) is 0 Å². The van der Waals surface area contributed by atoms with Crippen LogP contribution < -0.4 is 0 Å². The van der Waals surface area contributed by atoms with E-state index in [1.807, 2.05) is 25.1 Å². The molecule has 0 bridgehead atoms. The summed E-state index contributed by atoms with van der Waals surface area (Å²) < 4.78 is 39.3. The Hall–Kier alpha value is -0.950. The number of aliphatic hydroxyl groups is 1. The Balaban J connectivity index is 1.70. The Morgan fingerprint density at radius 2 is 1.48 bits per heavy atom.